The summed E-state index contributed by atoms with van der Waals surface area (Å²) in [6.45, 7) is 5.99. The van der Waals surface area contributed by atoms with Gasteiger partial charge in [0, 0.05) is 5.41 Å². The molecule has 0 aromatic rings. The molecule has 2 heteroatoms. The minimum Gasteiger partial charge on any atom is -0.396 e. The normalized spacial score (nSPS) is 21.3. The van der Waals surface area contributed by atoms with E-state index in [1.54, 1.807) is 0 Å². The summed E-state index contributed by atoms with van der Waals surface area (Å²) in [5.74, 6) is 0.629. The first-order valence-corrected chi connectivity index (χ1v) is 6.05. The van der Waals surface area contributed by atoms with Crippen LogP contribution in [0.3, 0.4) is 0 Å². The standard InChI is InChI=1S/C13H24O2/c1-3-11(2)13(9-14,10-15)12-7-5-4-6-8-12/h3,11-12,14-15H,1,4-10H2,2H3. The summed E-state index contributed by atoms with van der Waals surface area (Å²) in [6.07, 6.45) is 7.90. The second-order valence-electron chi connectivity index (χ2n) is 4.91. The second kappa shape index (κ2) is 5.66. The van der Waals surface area contributed by atoms with E-state index in [9.17, 15) is 10.2 Å². The molecule has 0 saturated heterocycles. The van der Waals surface area contributed by atoms with Crippen molar-refractivity contribution in [2.24, 2.45) is 17.3 Å². The molecule has 0 bridgehead atoms. The molecular weight excluding hydrogens is 188 g/mol. The maximum absolute atomic E-state index is 9.62. The quantitative estimate of drug-likeness (QED) is 0.687. The van der Waals surface area contributed by atoms with Gasteiger partial charge in [-0.25, -0.2) is 0 Å². The van der Waals surface area contributed by atoms with E-state index in [2.05, 4.69) is 6.58 Å². The van der Waals surface area contributed by atoms with Crippen molar-refractivity contribution in [2.45, 2.75) is 39.0 Å². The first-order valence-electron chi connectivity index (χ1n) is 6.05. The Balaban J connectivity index is 2.81. The summed E-state index contributed by atoms with van der Waals surface area (Å²) in [5, 5.41) is 19.2. The monoisotopic (exact) mass is 212 g/mol. The first kappa shape index (κ1) is 12.7. The van der Waals surface area contributed by atoms with Gasteiger partial charge in [-0.2, -0.15) is 0 Å². The molecule has 1 rings (SSSR count). The maximum atomic E-state index is 9.62. The molecule has 88 valence electrons. The van der Waals surface area contributed by atoms with Crippen LogP contribution in [0.15, 0.2) is 12.7 Å². The number of rotatable bonds is 5. The molecule has 1 aliphatic rings. The van der Waals surface area contributed by atoms with Crippen LogP contribution in [-0.2, 0) is 0 Å². The Morgan fingerprint density at radius 1 is 1.27 bits per heavy atom. The molecule has 2 N–H and O–H groups in total. The Morgan fingerprint density at radius 3 is 2.20 bits per heavy atom. The molecule has 1 fully saturated rings. The molecule has 1 atom stereocenters. The highest BCUT2D eigenvalue weighted by molar-refractivity contribution is 4.97. The molecule has 1 unspecified atom stereocenters. The molecule has 15 heavy (non-hydrogen) atoms. The van der Waals surface area contributed by atoms with Crippen LogP contribution in [0.5, 0.6) is 0 Å². The largest absolute Gasteiger partial charge is 0.396 e. The molecule has 0 aromatic carbocycles. The fraction of sp³-hybridized carbons (Fsp3) is 0.846. The lowest BCUT2D eigenvalue weighted by Crippen LogP contribution is -2.43. The number of hydrogen-bond donors (Lipinski definition) is 2. The first-order chi connectivity index (χ1) is 7.21. The molecule has 1 saturated carbocycles. The van der Waals surface area contributed by atoms with Gasteiger partial charge in [-0.3, -0.25) is 0 Å². The summed E-state index contributed by atoms with van der Waals surface area (Å²) in [5.41, 5.74) is -0.345. The van der Waals surface area contributed by atoms with Gasteiger partial charge in [-0.05, 0) is 24.7 Å². The second-order valence-corrected chi connectivity index (χ2v) is 4.91. The third-order valence-corrected chi connectivity index (χ3v) is 4.27. The maximum Gasteiger partial charge on any atom is 0.0517 e. The fourth-order valence-corrected chi connectivity index (χ4v) is 2.88. The Kier molecular flexibility index (Phi) is 4.81. The zero-order valence-electron chi connectivity index (χ0n) is 9.78. The molecule has 0 amide bonds. The van der Waals surface area contributed by atoms with E-state index in [1.807, 2.05) is 13.0 Å². The van der Waals surface area contributed by atoms with Crippen molar-refractivity contribution in [1.29, 1.82) is 0 Å². The number of allylic oxidation sites excluding steroid dienone is 1. The van der Waals surface area contributed by atoms with E-state index in [1.165, 1.54) is 19.3 Å². The minimum absolute atomic E-state index is 0.0708. The molecule has 0 aromatic heterocycles. The Hall–Kier alpha value is -0.340. The zero-order chi connectivity index (χ0) is 11.3. The van der Waals surface area contributed by atoms with Crippen LogP contribution in [0, 0.1) is 17.3 Å². The fourth-order valence-electron chi connectivity index (χ4n) is 2.88. The SMILES string of the molecule is C=CC(C)C(CO)(CO)C1CCCCC1. The van der Waals surface area contributed by atoms with Gasteiger partial charge in [-0.1, -0.05) is 32.3 Å². The third-order valence-electron chi connectivity index (χ3n) is 4.27. The average molecular weight is 212 g/mol. The average Bonchev–Trinajstić information content (AvgIpc) is 2.32. The lowest BCUT2D eigenvalue weighted by Gasteiger charge is -2.43. The third kappa shape index (κ3) is 2.43. The van der Waals surface area contributed by atoms with Gasteiger partial charge in [0.2, 0.25) is 0 Å². The van der Waals surface area contributed by atoms with Crippen molar-refractivity contribution < 1.29 is 10.2 Å². The molecule has 2 nitrogen and oxygen atoms in total. The van der Waals surface area contributed by atoms with E-state index < -0.39 is 0 Å². The van der Waals surface area contributed by atoms with Gasteiger partial charge < -0.3 is 10.2 Å². The van der Waals surface area contributed by atoms with E-state index in [-0.39, 0.29) is 24.5 Å². The summed E-state index contributed by atoms with van der Waals surface area (Å²) >= 11 is 0. The highest BCUT2D eigenvalue weighted by Gasteiger charge is 2.41. The highest BCUT2D eigenvalue weighted by Crippen LogP contribution is 2.43. The van der Waals surface area contributed by atoms with Crippen LogP contribution in [0.25, 0.3) is 0 Å². The van der Waals surface area contributed by atoms with Gasteiger partial charge >= 0.3 is 0 Å². The van der Waals surface area contributed by atoms with E-state index in [0.717, 1.165) is 12.8 Å². The van der Waals surface area contributed by atoms with Gasteiger partial charge in [0.25, 0.3) is 0 Å². The molecule has 0 radical (unpaired) electrons. The highest BCUT2D eigenvalue weighted by atomic mass is 16.3. The van der Waals surface area contributed by atoms with Crippen LogP contribution in [-0.4, -0.2) is 23.4 Å². The van der Waals surface area contributed by atoms with Gasteiger partial charge in [0.1, 0.15) is 0 Å². The van der Waals surface area contributed by atoms with Crippen LogP contribution < -0.4 is 0 Å². The van der Waals surface area contributed by atoms with Gasteiger partial charge in [0.15, 0.2) is 0 Å². The van der Waals surface area contributed by atoms with Gasteiger partial charge in [0.05, 0.1) is 13.2 Å². The van der Waals surface area contributed by atoms with Crippen molar-refractivity contribution in [2.75, 3.05) is 13.2 Å². The predicted molar refractivity (Wildman–Crippen MR) is 62.5 cm³/mol. The van der Waals surface area contributed by atoms with Crippen LogP contribution in [0.1, 0.15) is 39.0 Å². The van der Waals surface area contributed by atoms with Gasteiger partial charge in [-0.15, -0.1) is 6.58 Å². The van der Waals surface area contributed by atoms with Crippen molar-refractivity contribution in [3.8, 4) is 0 Å². The molecule has 1 aliphatic carbocycles. The Morgan fingerprint density at radius 2 is 1.80 bits per heavy atom. The minimum atomic E-state index is -0.345. The molecular formula is C13H24O2. The Labute approximate surface area is 93.0 Å². The summed E-state index contributed by atoms with van der Waals surface area (Å²) in [4.78, 5) is 0. The van der Waals surface area contributed by atoms with Crippen molar-refractivity contribution >= 4 is 0 Å². The lowest BCUT2D eigenvalue weighted by atomic mass is 9.63. The zero-order valence-corrected chi connectivity index (χ0v) is 9.78. The van der Waals surface area contributed by atoms with E-state index in [0.29, 0.717) is 5.92 Å². The van der Waals surface area contributed by atoms with Crippen LogP contribution >= 0.6 is 0 Å². The topological polar surface area (TPSA) is 40.5 Å². The number of aliphatic hydroxyl groups excluding tert-OH is 2. The summed E-state index contributed by atoms with van der Waals surface area (Å²) in [6, 6.07) is 0. The van der Waals surface area contributed by atoms with Crippen molar-refractivity contribution in [3.63, 3.8) is 0 Å². The van der Waals surface area contributed by atoms with E-state index in [4.69, 9.17) is 0 Å². The van der Waals surface area contributed by atoms with Crippen LogP contribution in [0.2, 0.25) is 0 Å². The Bertz CT molecular complexity index is 191. The molecule has 0 spiro atoms. The predicted octanol–water partition coefficient (Wildman–Crippen LogP) is 2.36. The molecule has 0 heterocycles. The van der Waals surface area contributed by atoms with Crippen molar-refractivity contribution in [1.82, 2.24) is 0 Å². The number of hydrogen-bond acceptors (Lipinski definition) is 2. The smallest absolute Gasteiger partial charge is 0.0517 e. The van der Waals surface area contributed by atoms with Crippen LogP contribution in [0.4, 0.5) is 0 Å². The van der Waals surface area contributed by atoms with E-state index >= 15 is 0 Å². The lowest BCUT2D eigenvalue weighted by molar-refractivity contribution is -0.0374. The summed E-state index contributed by atoms with van der Waals surface area (Å²) < 4.78 is 0. The molecule has 0 aliphatic heterocycles. The van der Waals surface area contributed by atoms with Crippen molar-refractivity contribution in [3.05, 3.63) is 12.7 Å². The summed E-state index contributed by atoms with van der Waals surface area (Å²) in [7, 11) is 0. The number of aliphatic hydroxyl groups is 2.